The normalized spacial score (nSPS) is 11.5. The van der Waals surface area contributed by atoms with E-state index in [1.165, 1.54) is 0 Å². The van der Waals surface area contributed by atoms with Gasteiger partial charge in [-0.1, -0.05) is 15.9 Å². The third kappa shape index (κ3) is 3.63. The summed E-state index contributed by atoms with van der Waals surface area (Å²) >= 11 is 5.17. The molecule has 0 bridgehead atoms. The Bertz CT molecular complexity index is 713. The summed E-state index contributed by atoms with van der Waals surface area (Å²) < 4.78 is 52.5. The fourth-order valence-electron chi connectivity index (χ4n) is 1.71. The Kier molecular flexibility index (Phi) is 4.72. The lowest BCUT2D eigenvalue weighted by atomic mass is 10.0. The van der Waals surface area contributed by atoms with Gasteiger partial charge in [-0.25, -0.2) is 4.39 Å². The number of halogens is 6. The van der Waals surface area contributed by atoms with Crippen molar-refractivity contribution in [1.29, 1.82) is 0 Å². The van der Waals surface area contributed by atoms with Gasteiger partial charge in [-0.3, -0.25) is 4.79 Å². The van der Waals surface area contributed by atoms with Crippen LogP contribution in [0.25, 0.3) is 0 Å². The number of benzene rings is 2. The summed E-state index contributed by atoms with van der Waals surface area (Å²) in [4.78, 5) is 12.3. The van der Waals surface area contributed by atoms with Gasteiger partial charge < -0.3 is 0 Å². The van der Waals surface area contributed by atoms with Crippen molar-refractivity contribution in [2.75, 3.05) is 0 Å². The Morgan fingerprint density at radius 1 is 1.10 bits per heavy atom. The second-order valence-corrected chi connectivity index (χ2v) is 6.25. The molecule has 0 spiro atoms. The van der Waals surface area contributed by atoms with Gasteiger partial charge in [0.1, 0.15) is 5.82 Å². The summed E-state index contributed by atoms with van der Waals surface area (Å²) in [6, 6.07) is 7.14. The van der Waals surface area contributed by atoms with Crippen molar-refractivity contribution in [3.8, 4) is 0 Å². The minimum atomic E-state index is -4.84. The lowest BCUT2D eigenvalue weighted by Gasteiger charge is -2.10. The standard InChI is InChI=1S/C14H6BrF4IO/c15-11-3-2-8(20)6-9(11)13(21)7-1-4-12(16)10(5-7)14(17,18)19/h1-6H. The van der Waals surface area contributed by atoms with Crippen LogP contribution in [0.5, 0.6) is 0 Å². The zero-order valence-corrected chi connectivity index (χ0v) is 13.9. The molecule has 0 radical (unpaired) electrons. The van der Waals surface area contributed by atoms with Crippen LogP contribution in [0.15, 0.2) is 40.9 Å². The minimum Gasteiger partial charge on any atom is -0.289 e. The Labute approximate surface area is 139 Å². The Hall–Kier alpha value is -0.960. The predicted molar refractivity (Wildman–Crippen MR) is 81.7 cm³/mol. The van der Waals surface area contributed by atoms with E-state index in [0.29, 0.717) is 16.6 Å². The average molecular weight is 473 g/mol. The van der Waals surface area contributed by atoms with Gasteiger partial charge in [0.05, 0.1) is 5.56 Å². The van der Waals surface area contributed by atoms with Crippen LogP contribution in [0.2, 0.25) is 0 Å². The highest BCUT2D eigenvalue weighted by atomic mass is 127. The molecule has 0 N–H and O–H groups in total. The average Bonchev–Trinajstić information content (AvgIpc) is 2.40. The van der Waals surface area contributed by atoms with Gasteiger partial charge in [-0.05, 0) is 59.0 Å². The van der Waals surface area contributed by atoms with Crippen molar-refractivity contribution < 1.29 is 22.4 Å². The minimum absolute atomic E-state index is 0.216. The van der Waals surface area contributed by atoms with Crippen LogP contribution in [-0.4, -0.2) is 5.78 Å². The third-order valence-corrected chi connectivity index (χ3v) is 4.07. The molecule has 0 saturated carbocycles. The molecule has 0 saturated heterocycles. The van der Waals surface area contributed by atoms with Gasteiger partial charge in [-0.2, -0.15) is 13.2 Å². The first-order valence-corrected chi connectivity index (χ1v) is 7.44. The van der Waals surface area contributed by atoms with Crippen LogP contribution in [0.3, 0.4) is 0 Å². The van der Waals surface area contributed by atoms with Crippen molar-refractivity contribution >= 4 is 44.3 Å². The molecular weight excluding hydrogens is 467 g/mol. The summed E-state index contributed by atoms with van der Waals surface area (Å²) in [6.45, 7) is 0. The van der Waals surface area contributed by atoms with Crippen molar-refractivity contribution in [3.05, 3.63) is 66.9 Å². The lowest BCUT2D eigenvalue weighted by molar-refractivity contribution is -0.140. The Morgan fingerprint density at radius 2 is 1.76 bits per heavy atom. The first-order chi connectivity index (χ1) is 9.70. The van der Waals surface area contributed by atoms with E-state index >= 15 is 0 Å². The van der Waals surface area contributed by atoms with Gasteiger partial charge in [0.2, 0.25) is 0 Å². The molecule has 0 aliphatic heterocycles. The molecule has 0 amide bonds. The summed E-state index contributed by atoms with van der Waals surface area (Å²) in [5.74, 6) is -2.01. The molecule has 0 unspecified atom stereocenters. The number of alkyl halides is 3. The van der Waals surface area contributed by atoms with Crippen molar-refractivity contribution in [3.63, 3.8) is 0 Å². The maximum absolute atomic E-state index is 13.2. The molecule has 110 valence electrons. The second-order valence-electron chi connectivity index (χ2n) is 4.15. The van der Waals surface area contributed by atoms with Crippen LogP contribution in [0.4, 0.5) is 17.6 Å². The number of carbonyl (C=O) groups excluding carboxylic acids is 1. The maximum Gasteiger partial charge on any atom is 0.419 e. The zero-order chi connectivity index (χ0) is 15.8. The lowest BCUT2D eigenvalue weighted by Crippen LogP contribution is -2.11. The first kappa shape index (κ1) is 16.4. The topological polar surface area (TPSA) is 17.1 Å². The smallest absolute Gasteiger partial charge is 0.289 e. The largest absolute Gasteiger partial charge is 0.419 e. The summed E-state index contributed by atoms with van der Waals surface area (Å²) in [7, 11) is 0. The van der Waals surface area contributed by atoms with Crippen molar-refractivity contribution in [2.24, 2.45) is 0 Å². The molecule has 2 aromatic carbocycles. The Balaban J connectivity index is 2.52. The van der Waals surface area contributed by atoms with Gasteiger partial charge in [0, 0.05) is 19.2 Å². The van der Waals surface area contributed by atoms with Crippen LogP contribution >= 0.6 is 38.5 Å². The molecule has 1 nitrogen and oxygen atoms in total. The van der Waals surface area contributed by atoms with Gasteiger partial charge in [0.15, 0.2) is 5.78 Å². The predicted octanol–water partition coefficient (Wildman–Crippen LogP) is 5.44. The molecule has 21 heavy (non-hydrogen) atoms. The zero-order valence-electron chi connectivity index (χ0n) is 10.1. The van der Waals surface area contributed by atoms with Gasteiger partial charge >= 0.3 is 6.18 Å². The number of carbonyl (C=O) groups is 1. The van der Waals surface area contributed by atoms with Crippen molar-refractivity contribution in [2.45, 2.75) is 6.18 Å². The summed E-state index contributed by atoms with van der Waals surface area (Å²) in [6.07, 6.45) is -4.84. The third-order valence-electron chi connectivity index (χ3n) is 2.71. The van der Waals surface area contributed by atoms with E-state index in [1.54, 1.807) is 18.2 Å². The molecular formula is C14H6BrF4IO. The van der Waals surface area contributed by atoms with Crippen LogP contribution in [-0.2, 0) is 6.18 Å². The van der Waals surface area contributed by atoms with E-state index in [4.69, 9.17) is 0 Å². The molecule has 2 aromatic rings. The van der Waals surface area contributed by atoms with Crippen LogP contribution in [0, 0.1) is 9.39 Å². The quantitative estimate of drug-likeness (QED) is 0.323. The molecule has 7 heteroatoms. The highest BCUT2D eigenvalue weighted by Gasteiger charge is 2.34. The van der Waals surface area contributed by atoms with Gasteiger partial charge in [-0.15, -0.1) is 0 Å². The van der Waals surface area contributed by atoms with E-state index in [1.807, 2.05) is 22.6 Å². The van der Waals surface area contributed by atoms with Crippen LogP contribution < -0.4 is 0 Å². The highest BCUT2D eigenvalue weighted by Crippen LogP contribution is 2.32. The SMILES string of the molecule is O=C(c1ccc(F)c(C(F)(F)F)c1)c1cc(I)ccc1Br. The fraction of sp³-hybridized carbons (Fsp3) is 0.0714. The fourth-order valence-corrected chi connectivity index (χ4v) is 2.63. The van der Waals surface area contributed by atoms with E-state index in [2.05, 4.69) is 15.9 Å². The maximum atomic E-state index is 13.2. The number of hydrogen-bond acceptors (Lipinski definition) is 1. The summed E-state index contributed by atoms with van der Waals surface area (Å²) in [5.41, 5.74) is -1.44. The molecule has 0 aliphatic carbocycles. The molecule has 0 aliphatic rings. The van der Waals surface area contributed by atoms with Crippen molar-refractivity contribution in [1.82, 2.24) is 0 Å². The monoisotopic (exact) mass is 472 g/mol. The second kappa shape index (κ2) is 6.04. The first-order valence-electron chi connectivity index (χ1n) is 5.56. The summed E-state index contributed by atoms with van der Waals surface area (Å²) in [5, 5.41) is 0. The number of rotatable bonds is 2. The molecule has 0 fully saturated rings. The van der Waals surface area contributed by atoms with Gasteiger partial charge in [0.25, 0.3) is 0 Å². The Morgan fingerprint density at radius 3 is 2.38 bits per heavy atom. The van der Waals surface area contributed by atoms with E-state index < -0.39 is 23.3 Å². The van der Waals surface area contributed by atoms with E-state index in [0.717, 1.165) is 9.64 Å². The molecule has 2 rings (SSSR count). The number of hydrogen-bond donors (Lipinski definition) is 0. The molecule has 0 atom stereocenters. The molecule has 0 heterocycles. The van der Waals surface area contributed by atoms with Crippen LogP contribution in [0.1, 0.15) is 21.5 Å². The molecule has 0 aromatic heterocycles. The number of ketones is 1. The van der Waals surface area contributed by atoms with E-state index in [9.17, 15) is 22.4 Å². The highest BCUT2D eigenvalue weighted by molar-refractivity contribution is 14.1. The van der Waals surface area contributed by atoms with E-state index in [-0.39, 0.29) is 11.1 Å².